The van der Waals surface area contributed by atoms with Crippen LogP contribution in [0.25, 0.3) is 0 Å². The van der Waals surface area contributed by atoms with Gasteiger partial charge < -0.3 is 14.4 Å². The molecule has 4 heteroatoms. The van der Waals surface area contributed by atoms with Crippen LogP contribution in [0.3, 0.4) is 0 Å². The van der Waals surface area contributed by atoms with Crippen molar-refractivity contribution in [2.75, 3.05) is 20.7 Å². The van der Waals surface area contributed by atoms with Crippen LogP contribution in [0, 0.1) is 23.2 Å². The Morgan fingerprint density at radius 2 is 2.30 bits per heavy atom. The normalized spacial score (nSPS) is 47.5. The number of allylic oxidation sites excluding steroid dienone is 2. The number of methoxy groups -OCH3 is 1. The van der Waals surface area contributed by atoms with Crippen molar-refractivity contribution in [3.63, 3.8) is 0 Å². The van der Waals surface area contributed by atoms with Crippen LogP contribution in [0.2, 0.25) is 0 Å². The Morgan fingerprint density at radius 3 is 3.09 bits per heavy atom. The number of hydrogen-bond donors (Lipinski definition) is 0. The van der Waals surface area contributed by atoms with E-state index in [-0.39, 0.29) is 23.2 Å². The van der Waals surface area contributed by atoms with Crippen LogP contribution < -0.4 is 0 Å². The van der Waals surface area contributed by atoms with Crippen LogP contribution in [-0.2, 0) is 14.3 Å². The molecule has 2 heterocycles. The number of piperidine rings is 1. The molecule has 3 aliphatic carbocycles. The SMILES string of the molecule is C=C1CC(OC)=C2O[C@H]3C(=O)C=C[C@H]4[C@H]5CC1C2[C@@]34CCN5C. The van der Waals surface area contributed by atoms with Crippen molar-refractivity contribution in [2.24, 2.45) is 23.2 Å². The Labute approximate surface area is 136 Å². The molecule has 1 saturated carbocycles. The van der Waals surface area contributed by atoms with Crippen molar-refractivity contribution >= 4 is 5.78 Å². The highest BCUT2D eigenvalue weighted by atomic mass is 16.5. The van der Waals surface area contributed by atoms with E-state index < -0.39 is 0 Å². The summed E-state index contributed by atoms with van der Waals surface area (Å²) in [4.78, 5) is 15.1. The van der Waals surface area contributed by atoms with E-state index in [9.17, 15) is 4.79 Å². The van der Waals surface area contributed by atoms with Crippen LogP contribution in [0.4, 0.5) is 0 Å². The molecule has 0 aromatic carbocycles. The molecule has 0 radical (unpaired) electrons. The number of likely N-dealkylation sites (tertiary alicyclic amines) is 1. The van der Waals surface area contributed by atoms with Gasteiger partial charge >= 0.3 is 0 Å². The zero-order valence-electron chi connectivity index (χ0n) is 13.7. The standard InChI is InChI=1S/C19H23NO3/c1-10-8-15(22-3)17-16-11(10)9-13-12-4-5-14(21)18(23-17)19(12,16)6-7-20(13)2/h4-5,11-13,16,18H,1,6-9H2,2-3H3/t11?,12-,13+,16?,18-,19-/m0/s1. The lowest BCUT2D eigenvalue weighted by Gasteiger charge is -2.60. The van der Waals surface area contributed by atoms with Gasteiger partial charge in [-0.25, -0.2) is 0 Å². The Balaban J connectivity index is 1.76. The molecule has 2 unspecified atom stereocenters. The number of nitrogens with zero attached hydrogens (tertiary/aromatic N) is 1. The molecular weight excluding hydrogens is 290 g/mol. The van der Waals surface area contributed by atoms with Gasteiger partial charge in [0.05, 0.1) is 7.11 Å². The van der Waals surface area contributed by atoms with E-state index in [0.29, 0.717) is 17.9 Å². The van der Waals surface area contributed by atoms with Gasteiger partial charge in [-0.2, -0.15) is 0 Å². The summed E-state index contributed by atoms with van der Waals surface area (Å²) in [6.45, 7) is 5.40. The fourth-order valence-corrected chi connectivity index (χ4v) is 6.16. The van der Waals surface area contributed by atoms with E-state index in [1.807, 2.05) is 0 Å². The predicted octanol–water partition coefficient (Wildman–Crippen LogP) is 2.28. The summed E-state index contributed by atoms with van der Waals surface area (Å²) in [5, 5.41) is 0. The molecule has 0 amide bonds. The first-order valence-electron chi connectivity index (χ1n) is 8.61. The lowest BCUT2D eigenvalue weighted by molar-refractivity contribution is -0.141. The summed E-state index contributed by atoms with van der Waals surface area (Å²) in [7, 11) is 3.92. The van der Waals surface area contributed by atoms with Crippen molar-refractivity contribution < 1.29 is 14.3 Å². The van der Waals surface area contributed by atoms with Crippen molar-refractivity contribution in [3.05, 3.63) is 35.8 Å². The predicted molar refractivity (Wildman–Crippen MR) is 85.4 cm³/mol. The fraction of sp³-hybridized carbons (Fsp3) is 0.632. The van der Waals surface area contributed by atoms with Crippen LogP contribution in [-0.4, -0.2) is 43.5 Å². The Hall–Kier alpha value is -1.55. The second-order valence-corrected chi connectivity index (χ2v) is 7.84. The molecule has 2 aliphatic heterocycles. The van der Waals surface area contributed by atoms with E-state index in [0.717, 1.165) is 37.3 Å². The summed E-state index contributed by atoms with van der Waals surface area (Å²) in [5.41, 5.74) is 1.16. The van der Waals surface area contributed by atoms with Crippen LogP contribution in [0.1, 0.15) is 19.3 Å². The number of ether oxygens (including phenoxy) is 2. The molecule has 1 spiro atoms. The molecule has 2 bridgehead atoms. The van der Waals surface area contributed by atoms with Gasteiger partial charge in [-0.3, -0.25) is 4.79 Å². The number of ketones is 1. The van der Waals surface area contributed by atoms with E-state index in [1.54, 1.807) is 13.2 Å². The minimum atomic E-state index is -0.326. The molecule has 2 saturated heterocycles. The molecule has 0 aromatic rings. The first-order chi connectivity index (χ1) is 11.1. The third-order valence-corrected chi connectivity index (χ3v) is 7.15. The highest BCUT2D eigenvalue weighted by molar-refractivity contribution is 5.96. The van der Waals surface area contributed by atoms with Crippen LogP contribution in [0.15, 0.2) is 35.8 Å². The number of hydrogen-bond acceptors (Lipinski definition) is 4. The smallest absolute Gasteiger partial charge is 0.196 e. The van der Waals surface area contributed by atoms with Crippen LogP contribution >= 0.6 is 0 Å². The summed E-state index contributed by atoms with van der Waals surface area (Å²) in [6, 6.07) is 0.487. The molecule has 5 aliphatic rings. The summed E-state index contributed by atoms with van der Waals surface area (Å²) < 4.78 is 12.0. The quantitative estimate of drug-likeness (QED) is 0.696. The molecule has 23 heavy (non-hydrogen) atoms. The zero-order chi connectivity index (χ0) is 15.9. The summed E-state index contributed by atoms with van der Waals surface area (Å²) in [5.74, 6) is 3.06. The first-order valence-corrected chi connectivity index (χ1v) is 8.61. The lowest BCUT2D eigenvalue weighted by atomic mass is 9.47. The molecule has 6 atom stereocenters. The molecule has 122 valence electrons. The minimum Gasteiger partial charge on any atom is -0.497 e. The third kappa shape index (κ3) is 1.44. The molecule has 0 aromatic heterocycles. The number of rotatable bonds is 1. The monoisotopic (exact) mass is 313 g/mol. The van der Waals surface area contributed by atoms with Crippen molar-refractivity contribution in [2.45, 2.75) is 31.4 Å². The van der Waals surface area contributed by atoms with E-state index >= 15 is 0 Å². The first kappa shape index (κ1) is 13.8. The minimum absolute atomic E-state index is 0.0889. The lowest BCUT2D eigenvalue weighted by Crippen LogP contribution is -2.65. The fourth-order valence-electron chi connectivity index (χ4n) is 6.16. The average Bonchev–Trinajstić information content (AvgIpc) is 2.89. The van der Waals surface area contributed by atoms with Gasteiger partial charge in [0.1, 0.15) is 11.5 Å². The van der Waals surface area contributed by atoms with Gasteiger partial charge in [0.2, 0.25) is 0 Å². The van der Waals surface area contributed by atoms with Crippen molar-refractivity contribution in [1.82, 2.24) is 4.90 Å². The van der Waals surface area contributed by atoms with Gasteiger partial charge in [0.25, 0.3) is 0 Å². The highest BCUT2D eigenvalue weighted by Crippen LogP contribution is 2.68. The topological polar surface area (TPSA) is 38.8 Å². The van der Waals surface area contributed by atoms with Gasteiger partial charge in [-0.1, -0.05) is 18.2 Å². The largest absolute Gasteiger partial charge is 0.497 e. The van der Waals surface area contributed by atoms with Gasteiger partial charge in [0.15, 0.2) is 11.9 Å². The van der Waals surface area contributed by atoms with Crippen LogP contribution in [0.5, 0.6) is 0 Å². The number of carbonyl (C=O) groups is 1. The molecular formula is C19H23NO3. The zero-order valence-corrected chi connectivity index (χ0v) is 13.7. The number of carbonyl (C=O) groups excluding carboxylic acids is 1. The second kappa shape index (κ2) is 4.29. The van der Waals surface area contributed by atoms with Gasteiger partial charge in [-0.05, 0) is 38.4 Å². The third-order valence-electron chi connectivity index (χ3n) is 7.15. The molecule has 4 nitrogen and oxygen atoms in total. The van der Waals surface area contributed by atoms with Gasteiger partial charge in [-0.15, -0.1) is 0 Å². The van der Waals surface area contributed by atoms with Crippen molar-refractivity contribution in [1.29, 1.82) is 0 Å². The average molecular weight is 313 g/mol. The Morgan fingerprint density at radius 1 is 1.48 bits per heavy atom. The molecule has 3 fully saturated rings. The maximum Gasteiger partial charge on any atom is 0.196 e. The van der Waals surface area contributed by atoms with E-state index in [4.69, 9.17) is 9.47 Å². The maximum absolute atomic E-state index is 12.6. The molecule has 0 N–H and O–H groups in total. The Bertz CT molecular complexity index is 678. The van der Waals surface area contributed by atoms with E-state index in [2.05, 4.69) is 24.6 Å². The maximum atomic E-state index is 12.6. The summed E-state index contributed by atoms with van der Waals surface area (Å²) >= 11 is 0. The highest BCUT2D eigenvalue weighted by Gasteiger charge is 2.70. The Kier molecular flexibility index (Phi) is 2.59. The van der Waals surface area contributed by atoms with E-state index in [1.165, 1.54) is 5.57 Å². The van der Waals surface area contributed by atoms with Gasteiger partial charge in [0, 0.05) is 29.7 Å². The summed E-state index contributed by atoms with van der Waals surface area (Å²) in [6.07, 6.45) is 6.48. The molecule has 5 rings (SSSR count). The second-order valence-electron chi connectivity index (χ2n) is 7.84. The van der Waals surface area contributed by atoms with Crippen molar-refractivity contribution in [3.8, 4) is 0 Å².